The fourth-order valence-electron chi connectivity index (χ4n) is 2.83. The lowest BCUT2D eigenvalue weighted by molar-refractivity contribution is 0.0837. The van der Waals surface area contributed by atoms with Gasteiger partial charge in [0.15, 0.2) is 17.3 Å². The number of hydrogen-bond donors (Lipinski definition) is 1. The summed E-state index contributed by atoms with van der Waals surface area (Å²) in [5.74, 6) is 0.553. The van der Waals surface area contributed by atoms with Crippen molar-refractivity contribution in [1.29, 1.82) is 0 Å². The molecular weight excluding hydrogens is 254 g/mol. The Morgan fingerprint density at radius 3 is 2.70 bits per heavy atom. The minimum Gasteiger partial charge on any atom is -0.504 e. The van der Waals surface area contributed by atoms with Crippen LogP contribution in [-0.2, 0) is 0 Å². The molecule has 0 bridgehead atoms. The first-order valence-electron chi connectivity index (χ1n) is 7.32. The standard InChI is InChI=1S/C16H23NO3/c1-3-6-13(17-9-4-5-10-17)16(19)12-7-8-14(18)15(11-12)20-2/h7-8,11,13,18H,3-6,9-10H2,1-2H3. The van der Waals surface area contributed by atoms with E-state index in [1.54, 1.807) is 12.1 Å². The predicted octanol–water partition coefficient (Wildman–Crippen LogP) is 2.85. The van der Waals surface area contributed by atoms with Crippen molar-refractivity contribution in [2.75, 3.05) is 20.2 Å². The van der Waals surface area contributed by atoms with Crippen LogP contribution in [0.15, 0.2) is 18.2 Å². The quantitative estimate of drug-likeness (QED) is 0.812. The Hall–Kier alpha value is -1.55. The zero-order valence-corrected chi connectivity index (χ0v) is 12.3. The van der Waals surface area contributed by atoms with Gasteiger partial charge in [-0.25, -0.2) is 0 Å². The minimum atomic E-state index is -0.0447. The third kappa shape index (κ3) is 3.12. The molecular formula is C16H23NO3. The van der Waals surface area contributed by atoms with Crippen LogP contribution in [0.1, 0.15) is 43.0 Å². The molecule has 0 radical (unpaired) electrons. The Labute approximate surface area is 120 Å². The normalized spacial score (nSPS) is 17.1. The number of hydrogen-bond acceptors (Lipinski definition) is 4. The van der Waals surface area contributed by atoms with Gasteiger partial charge in [-0.3, -0.25) is 9.69 Å². The molecule has 20 heavy (non-hydrogen) atoms. The van der Waals surface area contributed by atoms with Crippen LogP contribution < -0.4 is 4.74 Å². The third-order valence-corrected chi connectivity index (χ3v) is 3.91. The van der Waals surface area contributed by atoms with Crippen molar-refractivity contribution in [3.63, 3.8) is 0 Å². The molecule has 1 fully saturated rings. The van der Waals surface area contributed by atoms with Gasteiger partial charge in [-0.05, 0) is 50.6 Å². The lowest BCUT2D eigenvalue weighted by atomic mass is 9.99. The molecule has 1 unspecified atom stereocenters. The lowest BCUT2D eigenvalue weighted by Crippen LogP contribution is -2.39. The van der Waals surface area contributed by atoms with Gasteiger partial charge in [0, 0.05) is 5.56 Å². The summed E-state index contributed by atoms with van der Waals surface area (Å²) in [4.78, 5) is 15.0. The summed E-state index contributed by atoms with van der Waals surface area (Å²) in [5.41, 5.74) is 0.616. The number of rotatable bonds is 6. The average Bonchev–Trinajstić information content (AvgIpc) is 2.98. The smallest absolute Gasteiger partial charge is 0.180 e. The van der Waals surface area contributed by atoms with Crippen LogP contribution in [0.4, 0.5) is 0 Å². The van der Waals surface area contributed by atoms with Gasteiger partial charge in [0.25, 0.3) is 0 Å². The number of likely N-dealkylation sites (tertiary alicyclic amines) is 1. The second-order valence-electron chi connectivity index (χ2n) is 5.30. The van der Waals surface area contributed by atoms with Gasteiger partial charge in [-0.1, -0.05) is 13.3 Å². The van der Waals surface area contributed by atoms with Crippen molar-refractivity contribution in [3.05, 3.63) is 23.8 Å². The maximum absolute atomic E-state index is 12.7. The van der Waals surface area contributed by atoms with Crippen LogP contribution in [0.25, 0.3) is 0 Å². The molecule has 0 aromatic heterocycles. The number of phenols is 1. The number of aromatic hydroxyl groups is 1. The zero-order valence-electron chi connectivity index (χ0n) is 12.3. The van der Waals surface area contributed by atoms with Crippen LogP contribution in [0.3, 0.4) is 0 Å². The van der Waals surface area contributed by atoms with E-state index in [2.05, 4.69) is 11.8 Å². The van der Waals surface area contributed by atoms with E-state index < -0.39 is 0 Å². The van der Waals surface area contributed by atoms with Crippen molar-refractivity contribution in [1.82, 2.24) is 4.90 Å². The molecule has 1 aliphatic rings. The van der Waals surface area contributed by atoms with Gasteiger partial charge < -0.3 is 9.84 Å². The molecule has 4 nitrogen and oxygen atoms in total. The molecule has 0 aliphatic carbocycles. The molecule has 0 saturated carbocycles. The number of carbonyl (C=O) groups excluding carboxylic acids is 1. The third-order valence-electron chi connectivity index (χ3n) is 3.91. The number of Topliss-reactive ketones (excluding diaryl/α,β-unsaturated/α-hetero) is 1. The number of ketones is 1. The average molecular weight is 277 g/mol. The van der Waals surface area contributed by atoms with E-state index in [9.17, 15) is 9.90 Å². The molecule has 0 amide bonds. The summed E-state index contributed by atoms with van der Waals surface area (Å²) in [6, 6.07) is 4.80. The Morgan fingerprint density at radius 1 is 1.40 bits per heavy atom. The molecule has 2 rings (SSSR count). The van der Waals surface area contributed by atoms with Crippen LogP contribution in [-0.4, -0.2) is 42.0 Å². The van der Waals surface area contributed by atoms with Gasteiger partial charge in [0.05, 0.1) is 13.2 Å². The van der Waals surface area contributed by atoms with E-state index in [0.29, 0.717) is 11.3 Å². The topological polar surface area (TPSA) is 49.8 Å². The Bertz CT molecular complexity index is 467. The fraction of sp³-hybridized carbons (Fsp3) is 0.562. The molecule has 1 N–H and O–H groups in total. The van der Waals surface area contributed by atoms with Gasteiger partial charge in [0.2, 0.25) is 0 Å². The zero-order chi connectivity index (χ0) is 14.5. The Balaban J connectivity index is 2.22. The largest absolute Gasteiger partial charge is 0.504 e. The number of phenolic OH excluding ortho intramolecular Hbond substituents is 1. The molecule has 1 aliphatic heterocycles. The highest BCUT2D eigenvalue weighted by Gasteiger charge is 2.28. The second-order valence-corrected chi connectivity index (χ2v) is 5.30. The molecule has 4 heteroatoms. The fourth-order valence-corrected chi connectivity index (χ4v) is 2.83. The molecule has 1 aromatic rings. The van der Waals surface area contributed by atoms with E-state index in [1.807, 2.05) is 0 Å². The van der Waals surface area contributed by atoms with E-state index in [1.165, 1.54) is 26.0 Å². The Kier molecular flexibility index (Phi) is 5.01. The van der Waals surface area contributed by atoms with Gasteiger partial charge in [-0.15, -0.1) is 0 Å². The first-order valence-corrected chi connectivity index (χ1v) is 7.32. The molecule has 1 heterocycles. The van der Waals surface area contributed by atoms with E-state index >= 15 is 0 Å². The molecule has 0 spiro atoms. The van der Waals surface area contributed by atoms with E-state index in [0.717, 1.165) is 25.9 Å². The number of methoxy groups -OCH3 is 1. The summed E-state index contributed by atoms with van der Waals surface area (Å²) >= 11 is 0. The van der Waals surface area contributed by atoms with E-state index in [-0.39, 0.29) is 17.6 Å². The van der Waals surface area contributed by atoms with Crippen LogP contribution in [0.2, 0.25) is 0 Å². The van der Waals surface area contributed by atoms with Crippen LogP contribution in [0, 0.1) is 0 Å². The summed E-state index contributed by atoms with van der Waals surface area (Å²) in [7, 11) is 1.49. The van der Waals surface area contributed by atoms with Gasteiger partial charge in [-0.2, -0.15) is 0 Å². The van der Waals surface area contributed by atoms with Crippen molar-refractivity contribution in [2.45, 2.75) is 38.6 Å². The summed E-state index contributed by atoms with van der Waals surface area (Å²) in [5, 5.41) is 9.62. The van der Waals surface area contributed by atoms with Crippen LogP contribution in [0.5, 0.6) is 11.5 Å². The summed E-state index contributed by atoms with van der Waals surface area (Å²) in [6.07, 6.45) is 4.21. The highest BCUT2D eigenvalue weighted by atomic mass is 16.5. The molecule has 1 aromatic carbocycles. The SMILES string of the molecule is CCCC(C(=O)c1ccc(O)c(OC)c1)N1CCCC1. The van der Waals surface area contributed by atoms with Crippen molar-refractivity contribution < 1.29 is 14.6 Å². The first kappa shape index (κ1) is 14.9. The van der Waals surface area contributed by atoms with Gasteiger partial charge in [0.1, 0.15) is 0 Å². The van der Waals surface area contributed by atoms with Crippen molar-refractivity contribution in [2.24, 2.45) is 0 Å². The highest BCUT2D eigenvalue weighted by Crippen LogP contribution is 2.28. The van der Waals surface area contributed by atoms with Crippen LogP contribution >= 0.6 is 0 Å². The minimum absolute atomic E-state index is 0.0447. The van der Waals surface area contributed by atoms with E-state index in [4.69, 9.17) is 4.74 Å². The number of nitrogens with zero attached hydrogens (tertiary/aromatic N) is 1. The highest BCUT2D eigenvalue weighted by molar-refractivity contribution is 6.00. The maximum Gasteiger partial charge on any atom is 0.180 e. The monoisotopic (exact) mass is 277 g/mol. The maximum atomic E-state index is 12.7. The lowest BCUT2D eigenvalue weighted by Gasteiger charge is -2.26. The number of benzene rings is 1. The first-order chi connectivity index (χ1) is 9.67. The summed E-state index contributed by atoms with van der Waals surface area (Å²) in [6.45, 7) is 4.12. The van der Waals surface area contributed by atoms with Gasteiger partial charge >= 0.3 is 0 Å². The van der Waals surface area contributed by atoms with Crippen molar-refractivity contribution >= 4 is 5.78 Å². The Morgan fingerprint density at radius 2 is 2.10 bits per heavy atom. The molecule has 1 saturated heterocycles. The predicted molar refractivity (Wildman–Crippen MR) is 78.5 cm³/mol. The molecule has 1 atom stereocenters. The second kappa shape index (κ2) is 6.75. The number of carbonyl (C=O) groups is 1. The molecule has 110 valence electrons. The van der Waals surface area contributed by atoms with Crippen molar-refractivity contribution in [3.8, 4) is 11.5 Å². The summed E-state index contributed by atoms with van der Waals surface area (Å²) < 4.78 is 5.09. The number of ether oxygens (including phenoxy) is 1.